The molecule has 3 atom stereocenters. The molecule has 1 N–H and O–H groups in total. The second kappa shape index (κ2) is 9.28. The number of amides is 1. The zero-order chi connectivity index (χ0) is 25.6. The van der Waals surface area contributed by atoms with Gasteiger partial charge in [-0.15, -0.1) is 0 Å². The van der Waals surface area contributed by atoms with Crippen molar-refractivity contribution in [3.05, 3.63) is 77.4 Å². The first-order chi connectivity index (χ1) is 17.8. The van der Waals surface area contributed by atoms with E-state index < -0.39 is 17.2 Å². The number of fused-ring (bicyclic) bond motifs is 2. The van der Waals surface area contributed by atoms with Gasteiger partial charge in [0.15, 0.2) is 0 Å². The minimum absolute atomic E-state index is 0.114. The smallest absolute Gasteiger partial charge is 0.337 e. The molecule has 1 amide bonds. The maximum Gasteiger partial charge on any atom is 0.417 e. The third kappa shape index (κ3) is 4.54. The number of rotatable bonds is 5. The van der Waals surface area contributed by atoms with E-state index in [4.69, 9.17) is 0 Å². The van der Waals surface area contributed by atoms with E-state index in [1.54, 1.807) is 11.1 Å². The monoisotopic (exact) mass is 509 g/mol. The van der Waals surface area contributed by atoms with Crippen molar-refractivity contribution in [3.63, 3.8) is 0 Å². The van der Waals surface area contributed by atoms with Crippen LogP contribution in [0, 0.1) is 11.3 Å². The Morgan fingerprint density at radius 2 is 2.11 bits per heavy atom. The molecule has 3 aliphatic rings. The topological polar surface area (TPSA) is 63.1 Å². The van der Waals surface area contributed by atoms with Crippen LogP contribution in [0.2, 0.25) is 0 Å². The summed E-state index contributed by atoms with van der Waals surface area (Å²) in [6, 6.07) is 11.5. The summed E-state index contributed by atoms with van der Waals surface area (Å²) in [7, 11) is 0. The van der Waals surface area contributed by atoms with Crippen molar-refractivity contribution < 1.29 is 18.0 Å². The van der Waals surface area contributed by atoms with Gasteiger partial charge in [0.25, 0.3) is 0 Å². The Labute approximate surface area is 213 Å². The Hall–Kier alpha value is -3.20. The van der Waals surface area contributed by atoms with Crippen molar-refractivity contribution >= 4 is 5.91 Å². The van der Waals surface area contributed by atoms with Crippen LogP contribution in [0.15, 0.2) is 55.0 Å². The van der Waals surface area contributed by atoms with Gasteiger partial charge in [-0.05, 0) is 67.0 Å². The summed E-state index contributed by atoms with van der Waals surface area (Å²) < 4.78 is 41.5. The molecule has 1 aromatic carbocycles. The molecule has 2 saturated carbocycles. The molecule has 3 unspecified atom stereocenters. The number of alkyl halides is 3. The fourth-order valence-corrected chi connectivity index (χ4v) is 6.71. The lowest BCUT2D eigenvalue weighted by molar-refractivity contribution is -0.144. The van der Waals surface area contributed by atoms with Crippen molar-refractivity contribution in [1.29, 1.82) is 0 Å². The highest BCUT2D eigenvalue weighted by Gasteiger charge is 2.56. The molecule has 3 heterocycles. The van der Waals surface area contributed by atoms with Crippen LogP contribution in [0.5, 0.6) is 0 Å². The minimum atomic E-state index is -4.44. The summed E-state index contributed by atoms with van der Waals surface area (Å²) in [6.07, 6.45) is 5.27. The van der Waals surface area contributed by atoms with Gasteiger partial charge in [-0.1, -0.05) is 18.6 Å². The molecule has 0 bridgehead atoms. The largest absolute Gasteiger partial charge is 0.417 e. The molecule has 0 spiro atoms. The van der Waals surface area contributed by atoms with Crippen LogP contribution < -0.4 is 5.32 Å². The average molecular weight is 510 g/mol. The fraction of sp³-hybridized carbons (Fsp3) is 0.464. The van der Waals surface area contributed by atoms with Crippen LogP contribution >= 0.6 is 0 Å². The first-order valence-electron chi connectivity index (χ1n) is 13.0. The number of aromatic nitrogens is 3. The van der Waals surface area contributed by atoms with E-state index in [1.165, 1.54) is 6.07 Å². The van der Waals surface area contributed by atoms with Crippen molar-refractivity contribution in [2.24, 2.45) is 11.3 Å². The number of benzene rings is 1. The minimum Gasteiger partial charge on any atom is -0.337 e. The number of pyridine rings is 1. The lowest BCUT2D eigenvalue weighted by Crippen LogP contribution is -2.46. The Bertz CT molecular complexity index is 1290. The quantitative estimate of drug-likeness (QED) is 0.531. The zero-order valence-corrected chi connectivity index (χ0v) is 20.5. The molecule has 9 heteroatoms. The van der Waals surface area contributed by atoms with E-state index in [2.05, 4.69) is 27.5 Å². The van der Waals surface area contributed by atoms with Crippen molar-refractivity contribution in [2.45, 2.75) is 63.8 Å². The van der Waals surface area contributed by atoms with E-state index >= 15 is 0 Å². The third-order valence-corrected chi connectivity index (χ3v) is 8.49. The maximum absolute atomic E-state index is 13.9. The van der Waals surface area contributed by atoms with E-state index in [1.807, 2.05) is 29.1 Å². The molecular formula is C28H30F3N5O. The highest BCUT2D eigenvalue weighted by atomic mass is 19.4. The van der Waals surface area contributed by atoms with Crippen molar-refractivity contribution in [1.82, 2.24) is 25.0 Å². The summed E-state index contributed by atoms with van der Waals surface area (Å²) in [5.41, 5.74) is 2.19. The number of hydrogen-bond acceptors (Lipinski definition) is 4. The van der Waals surface area contributed by atoms with Crippen LogP contribution in [0.3, 0.4) is 0 Å². The van der Waals surface area contributed by atoms with E-state index in [9.17, 15) is 18.0 Å². The summed E-state index contributed by atoms with van der Waals surface area (Å²) >= 11 is 0. The number of carbonyl (C=O) groups excluding carboxylic acids is 1. The molecular weight excluding hydrogens is 479 g/mol. The Balaban J connectivity index is 1.14. The predicted molar refractivity (Wildman–Crippen MR) is 132 cm³/mol. The Morgan fingerprint density at radius 1 is 1.22 bits per heavy atom. The number of carbonyl (C=O) groups is 1. The number of halogens is 3. The standard InChI is InChI=1S/C28H30F3N5O/c29-28(30,31)22-13-20-18-35(11-7-25(20)33-17-22)26(37)27-8-2-5-21(27)14-23(15-27)32-16-19-4-1-6-24(12-19)36-10-3-9-34-36/h1,3-4,6,9-10,12-13,17,21,23,32H,2,5,7-8,11,14-16,18H2. The SMILES string of the molecule is O=C(N1CCc2ncc(C(F)(F)F)cc2C1)C12CCCC1CC(NCc1cccc(-n3cccn3)c1)C2. The van der Waals surface area contributed by atoms with Gasteiger partial charge in [-0.2, -0.15) is 18.3 Å². The summed E-state index contributed by atoms with van der Waals surface area (Å²) in [4.78, 5) is 19.8. The Kier molecular flexibility index (Phi) is 6.06. The van der Waals surface area contributed by atoms with Crippen molar-refractivity contribution in [3.8, 4) is 5.69 Å². The van der Waals surface area contributed by atoms with Gasteiger partial charge in [0.2, 0.25) is 5.91 Å². The van der Waals surface area contributed by atoms with Gasteiger partial charge in [0.1, 0.15) is 0 Å². The van der Waals surface area contributed by atoms with Gasteiger partial charge in [-0.25, -0.2) is 4.68 Å². The molecule has 2 aliphatic carbocycles. The first-order valence-corrected chi connectivity index (χ1v) is 13.0. The highest BCUT2D eigenvalue weighted by molar-refractivity contribution is 5.84. The van der Waals surface area contributed by atoms with Gasteiger partial charge in [0.05, 0.1) is 16.7 Å². The van der Waals surface area contributed by atoms with Crippen molar-refractivity contribution in [2.75, 3.05) is 6.54 Å². The van der Waals surface area contributed by atoms with Gasteiger partial charge in [0, 0.05) is 56.4 Å². The number of nitrogens with zero attached hydrogens (tertiary/aromatic N) is 4. The van der Waals surface area contributed by atoms with E-state index in [-0.39, 0.29) is 18.5 Å². The molecule has 194 valence electrons. The van der Waals surface area contributed by atoms with E-state index in [0.717, 1.165) is 49.6 Å². The van der Waals surface area contributed by atoms with Crippen LogP contribution in [0.25, 0.3) is 5.69 Å². The number of hydrogen-bond donors (Lipinski definition) is 1. The first kappa shape index (κ1) is 24.2. The van der Waals surface area contributed by atoms with Gasteiger partial charge < -0.3 is 10.2 Å². The second-order valence-corrected chi connectivity index (χ2v) is 10.7. The molecule has 6 nitrogen and oxygen atoms in total. The fourth-order valence-electron chi connectivity index (χ4n) is 6.71. The lowest BCUT2D eigenvalue weighted by Gasteiger charge is -2.37. The summed E-state index contributed by atoms with van der Waals surface area (Å²) in [5, 5.41) is 7.99. The molecule has 0 saturated heterocycles. The van der Waals surface area contributed by atoms with Crippen LogP contribution in [0.1, 0.15) is 54.5 Å². The highest BCUT2D eigenvalue weighted by Crippen LogP contribution is 2.55. The molecule has 2 fully saturated rings. The van der Waals surface area contributed by atoms with Crippen LogP contribution in [-0.4, -0.2) is 38.2 Å². The zero-order valence-electron chi connectivity index (χ0n) is 20.5. The van der Waals surface area contributed by atoms with Crippen LogP contribution in [0.4, 0.5) is 13.2 Å². The van der Waals surface area contributed by atoms with Gasteiger partial charge in [-0.3, -0.25) is 9.78 Å². The summed E-state index contributed by atoms with van der Waals surface area (Å²) in [5.74, 6) is 0.428. The summed E-state index contributed by atoms with van der Waals surface area (Å²) in [6.45, 7) is 1.43. The van der Waals surface area contributed by atoms with Gasteiger partial charge >= 0.3 is 6.18 Å². The molecule has 1 aliphatic heterocycles. The average Bonchev–Trinajstić information content (AvgIpc) is 3.63. The van der Waals surface area contributed by atoms with Crippen LogP contribution in [-0.2, 0) is 30.5 Å². The Morgan fingerprint density at radius 3 is 2.92 bits per heavy atom. The molecule has 0 radical (unpaired) electrons. The van der Waals surface area contributed by atoms with E-state index in [0.29, 0.717) is 36.7 Å². The number of nitrogens with one attached hydrogen (secondary N) is 1. The second-order valence-electron chi connectivity index (χ2n) is 10.7. The maximum atomic E-state index is 13.9. The predicted octanol–water partition coefficient (Wildman–Crippen LogP) is 4.91. The normalized spacial score (nSPS) is 25.2. The third-order valence-electron chi connectivity index (χ3n) is 8.49. The molecule has 6 rings (SSSR count). The molecule has 37 heavy (non-hydrogen) atoms. The molecule has 3 aromatic rings. The lowest BCUT2D eigenvalue weighted by atomic mass is 9.78. The molecule has 2 aromatic heterocycles.